The summed E-state index contributed by atoms with van der Waals surface area (Å²) in [6.07, 6.45) is 1.77. The molecule has 2 aromatic carbocycles. The van der Waals surface area contributed by atoms with Crippen LogP contribution in [0.4, 0.5) is 5.69 Å². The summed E-state index contributed by atoms with van der Waals surface area (Å²) in [7, 11) is 0. The van der Waals surface area contributed by atoms with Crippen LogP contribution < -0.4 is 10.2 Å². The van der Waals surface area contributed by atoms with E-state index < -0.39 is 6.04 Å². The minimum Gasteiger partial charge on any atom is -0.354 e. The van der Waals surface area contributed by atoms with Gasteiger partial charge >= 0.3 is 0 Å². The van der Waals surface area contributed by atoms with E-state index in [1.807, 2.05) is 55.5 Å². The number of nitrogens with zero attached hydrogens (tertiary/aromatic N) is 3. The largest absolute Gasteiger partial charge is 0.354 e. The number of para-hydroxylation sites is 3. The van der Waals surface area contributed by atoms with Gasteiger partial charge in [-0.25, -0.2) is 4.98 Å². The molecule has 1 aliphatic rings. The van der Waals surface area contributed by atoms with Crippen molar-refractivity contribution in [1.29, 1.82) is 0 Å². The SMILES string of the molecule is Cc1nc2ccccc2n1CCCNC(=O)C1CCC(=O)N1c1ccccc1. The zero-order valence-corrected chi connectivity index (χ0v) is 16.0. The third-order valence-corrected chi connectivity index (χ3v) is 5.25. The Morgan fingerprint density at radius 3 is 2.71 bits per heavy atom. The minimum atomic E-state index is -0.425. The number of nitrogens with one attached hydrogen (secondary N) is 1. The van der Waals surface area contributed by atoms with Gasteiger partial charge in [0, 0.05) is 25.2 Å². The molecule has 0 aliphatic carbocycles. The predicted molar refractivity (Wildman–Crippen MR) is 109 cm³/mol. The lowest BCUT2D eigenvalue weighted by Crippen LogP contribution is -2.45. The fourth-order valence-electron chi connectivity index (χ4n) is 3.89. The van der Waals surface area contributed by atoms with Crippen LogP contribution in [-0.2, 0) is 16.1 Å². The van der Waals surface area contributed by atoms with Crippen molar-refractivity contribution >= 4 is 28.5 Å². The van der Waals surface area contributed by atoms with Gasteiger partial charge in [-0.15, -0.1) is 0 Å². The molecule has 1 atom stereocenters. The van der Waals surface area contributed by atoms with E-state index in [-0.39, 0.29) is 11.8 Å². The molecular weight excluding hydrogens is 352 g/mol. The van der Waals surface area contributed by atoms with Crippen molar-refractivity contribution < 1.29 is 9.59 Å². The first kappa shape index (κ1) is 18.2. The van der Waals surface area contributed by atoms with Gasteiger partial charge in [0.25, 0.3) is 0 Å². The molecule has 6 nitrogen and oxygen atoms in total. The zero-order chi connectivity index (χ0) is 19.5. The molecule has 1 unspecified atom stereocenters. The molecule has 1 aromatic heterocycles. The number of fused-ring (bicyclic) bond motifs is 1. The van der Waals surface area contributed by atoms with Crippen LogP contribution in [-0.4, -0.2) is 34.0 Å². The quantitative estimate of drug-likeness (QED) is 0.673. The average Bonchev–Trinajstić information content (AvgIpc) is 3.25. The molecule has 2 amide bonds. The molecule has 0 bridgehead atoms. The highest BCUT2D eigenvalue weighted by Crippen LogP contribution is 2.26. The molecule has 1 aliphatic heterocycles. The summed E-state index contributed by atoms with van der Waals surface area (Å²) in [6.45, 7) is 3.36. The highest BCUT2D eigenvalue weighted by atomic mass is 16.2. The Hall–Kier alpha value is -3.15. The van der Waals surface area contributed by atoms with E-state index in [1.165, 1.54) is 0 Å². The standard InChI is InChI=1S/C22H24N4O2/c1-16-24-18-10-5-6-11-19(18)25(16)15-7-14-23-22(28)20-12-13-21(27)26(20)17-8-3-2-4-9-17/h2-6,8-11,20H,7,12-15H2,1H3,(H,23,28). The Morgan fingerprint density at radius 1 is 1.14 bits per heavy atom. The Kier molecular flexibility index (Phi) is 5.10. The summed E-state index contributed by atoms with van der Waals surface area (Å²) in [6, 6.07) is 17.1. The van der Waals surface area contributed by atoms with Crippen molar-refractivity contribution in [2.45, 2.75) is 38.8 Å². The number of carbonyl (C=O) groups excluding carboxylic acids is 2. The van der Waals surface area contributed by atoms with Gasteiger partial charge in [0.1, 0.15) is 11.9 Å². The van der Waals surface area contributed by atoms with Crippen molar-refractivity contribution in [1.82, 2.24) is 14.9 Å². The number of aromatic nitrogens is 2. The molecule has 6 heteroatoms. The molecule has 0 radical (unpaired) electrons. The normalized spacial score (nSPS) is 16.7. The number of amides is 2. The number of hydrogen-bond acceptors (Lipinski definition) is 3. The second kappa shape index (κ2) is 7.84. The Bertz CT molecular complexity index is 996. The third-order valence-electron chi connectivity index (χ3n) is 5.25. The van der Waals surface area contributed by atoms with Gasteiger partial charge in [-0.1, -0.05) is 30.3 Å². The second-order valence-corrected chi connectivity index (χ2v) is 7.10. The van der Waals surface area contributed by atoms with E-state index in [9.17, 15) is 9.59 Å². The first-order valence-electron chi connectivity index (χ1n) is 9.72. The molecule has 0 saturated carbocycles. The van der Waals surface area contributed by atoms with Gasteiger partial charge in [-0.3, -0.25) is 14.5 Å². The summed E-state index contributed by atoms with van der Waals surface area (Å²) >= 11 is 0. The lowest BCUT2D eigenvalue weighted by atomic mass is 10.2. The molecule has 1 N–H and O–H groups in total. The van der Waals surface area contributed by atoms with Crippen LogP contribution in [0.5, 0.6) is 0 Å². The van der Waals surface area contributed by atoms with Crippen molar-refractivity contribution in [2.75, 3.05) is 11.4 Å². The van der Waals surface area contributed by atoms with E-state index in [0.29, 0.717) is 19.4 Å². The first-order chi connectivity index (χ1) is 13.6. The summed E-state index contributed by atoms with van der Waals surface area (Å²) in [5.74, 6) is 0.901. The van der Waals surface area contributed by atoms with Crippen LogP contribution in [0.15, 0.2) is 54.6 Å². The molecule has 1 fully saturated rings. The average molecular weight is 376 g/mol. The first-order valence-corrected chi connectivity index (χ1v) is 9.72. The van der Waals surface area contributed by atoms with Gasteiger partial charge in [0.15, 0.2) is 0 Å². The van der Waals surface area contributed by atoms with Gasteiger partial charge in [0.05, 0.1) is 11.0 Å². The van der Waals surface area contributed by atoms with Gasteiger partial charge in [-0.2, -0.15) is 0 Å². The fourth-order valence-corrected chi connectivity index (χ4v) is 3.89. The maximum atomic E-state index is 12.7. The molecule has 4 rings (SSSR count). The van der Waals surface area contributed by atoms with E-state index in [2.05, 4.69) is 20.9 Å². The van der Waals surface area contributed by atoms with Gasteiger partial charge in [-0.05, 0) is 44.0 Å². The van der Waals surface area contributed by atoms with Crippen molar-refractivity contribution in [2.24, 2.45) is 0 Å². The van der Waals surface area contributed by atoms with Crippen LogP contribution >= 0.6 is 0 Å². The molecule has 28 heavy (non-hydrogen) atoms. The van der Waals surface area contributed by atoms with Crippen molar-refractivity contribution in [3.05, 3.63) is 60.4 Å². The van der Waals surface area contributed by atoms with Gasteiger partial charge in [0.2, 0.25) is 11.8 Å². The molecule has 1 saturated heterocycles. The van der Waals surface area contributed by atoms with Crippen LogP contribution in [0, 0.1) is 6.92 Å². The van der Waals surface area contributed by atoms with Crippen LogP contribution in [0.1, 0.15) is 25.1 Å². The Morgan fingerprint density at radius 2 is 1.89 bits per heavy atom. The topological polar surface area (TPSA) is 67.2 Å². The monoisotopic (exact) mass is 376 g/mol. The summed E-state index contributed by atoms with van der Waals surface area (Å²) in [4.78, 5) is 31.2. The number of benzene rings is 2. The van der Waals surface area contributed by atoms with E-state index in [4.69, 9.17) is 0 Å². The highest BCUT2D eigenvalue weighted by Gasteiger charge is 2.36. The number of imidazole rings is 1. The highest BCUT2D eigenvalue weighted by molar-refractivity contribution is 6.03. The second-order valence-electron chi connectivity index (χ2n) is 7.10. The summed E-state index contributed by atoms with van der Waals surface area (Å²) in [5, 5.41) is 3.01. The predicted octanol–water partition coefficient (Wildman–Crippen LogP) is 3.05. The van der Waals surface area contributed by atoms with Crippen molar-refractivity contribution in [3.63, 3.8) is 0 Å². The molecule has 0 spiro atoms. The molecular formula is C22H24N4O2. The minimum absolute atomic E-state index is 0.00635. The molecule has 3 aromatic rings. The summed E-state index contributed by atoms with van der Waals surface area (Å²) < 4.78 is 2.18. The third kappa shape index (κ3) is 3.50. The summed E-state index contributed by atoms with van der Waals surface area (Å²) in [5.41, 5.74) is 2.89. The molecule has 2 heterocycles. The number of hydrogen-bond donors (Lipinski definition) is 1. The van der Waals surface area contributed by atoms with Crippen LogP contribution in [0.25, 0.3) is 11.0 Å². The van der Waals surface area contributed by atoms with E-state index in [1.54, 1.807) is 4.90 Å². The number of anilines is 1. The van der Waals surface area contributed by atoms with Crippen LogP contribution in [0.2, 0.25) is 0 Å². The van der Waals surface area contributed by atoms with Crippen molar-refractivity contribution in [3.8, 4) is 0 Å². The Labute approximate surface area is 164 Å². The van der Waals surface area contributed by atoms with Gasteiger partial charge < -0.3 is 9.88 Å². The number of carbonyl (C=O) groups is 2. The Balaban J connectivity index is 1.35. The van der Waals surface area contributed by atoms with E-state index in [0.717, 1.165) is 35.5 Å². The lowest BCUT2D eigenvalue weighted by Gasteiger charge is -2.24. The lowest BCUT2D eigenvalue weighted by molar-refractivity contribution is -0.123. The fraction of sp³-hybridized carbons (Fsp3) is 0.318. The van der Waals surface area contributed by atoms with Crippen LogP contribution in [0.3, 0.4) is 0 Å². The number of aryl methyl sites for hydroxylation is 2. The maximum absolute atomic E-state index is 12.7. The zero-order valence-electron chi connectivity index (χ0n) is 16.0. The smallest absolute Gasteiger partial charge is 0.243 e. The molecule has 144 valence electrons. The van der Waals surface area contributed by atoms with E-state index >= 15 is 0 Å². The number of rotatable bonds is 6. The maximum Gasteiger partial charge on any atom is 0.243 e.